The van der Waals surface area contributed by atoms with E-state index in [0.29, 0.717) is 34.6 Å². The number of carbonyl (C=O) groups is 2. The second-order valence-electron chi connectivity index (χ2n) is 10.6. The first-order valence-corrected chi connectivity index (χ1v) is 13.2. The van der Waals surface area contributed by atoms with Gasteiger partial charge in [0, 0.05) is 31.4 Å². The Morgan fingerprint density at radius 3 is 2.58 bits per heavy atom. The van der Waals surface area contributed by atoms with E-state index in [4.69, 9.17) is 11.0 Å². The second-order valence-corrected chi connectivity index (χ2v) is 10.6. The molecule has 2 fully saturated rings. The minimum Gasteiger partial charge on any atom is -0.368 e. The van der Waals surface area contributed by atoms with Crippen LogP contribution in [0.25, 0.3) is 10.9 Å². The summed E-state index contributed by atoms with van der Waals surface area (Å²) in [5.41, 5.74) is 5.77. The van der Waals surface area contributed by atoms with Crippen molar-refractivity contribution >= 4 is 28.5 Å². The summed E-state index contributed by atoms with van der Waals surface area (Å²) >= 11 is 0. The van der Waals surface area contributed by atoms with E-state index in [1.54, 1.807) is 28.8 Å². The number of hydrogen-bond acceptors (Lipinski definition) is 6. The zero-order valence-corrected chi connectivity index (χ0v) is 22.2. The lowest BCUT2D eigenvalue weighted by Gasteiger charge is -2.40. The number of aromatic nitrogens is 2. The van der Waals surface area contributed by atoms with Crippen LogP contribution in [0.4, 0.5) is 14.9 Å². The highest BCUT2D eigenvalue weighted by atomic mass is 19.1. The number of primary amides is 1. The molecule has 2 heterocycles. The van der Waals surface area contributed by atoms with Crippen LogP contribution in [-0.4, -0.2) is 45.1 Å². The van der Waals surface area contributed by atoms with E-state index < -0.39 is 35.4 Å². The molecule has 3 amide bonds. The number of nitrogens with one attached hydrogen (secondary N) is 2. The van der Waals surface area contributed by atoms with Crippen molar-refractivity contribution in [3.63, 3.8) is 0 Å². The molecule has 0 bridgehead atoms. The molecule has 2 aromatic carbocycles. The smallest absolute Gasteiger partial charge is 0.331 e. The van der Waals surface area contributed by atoms with Gasteiger partial charge in [0.15, 0.2) is 0 Å². The summed E-state index contributed by atoms with van der Waals surface area (Å²) in [7, 11) is 0. The average Bonchev–Trinajstić information content (AvgIpc) is 3.75. The van der Waals surface area contributed by atoms with Crippen LogP contribution in [-0.2, 0) is 11.3 Å². The van der Waals surface area contributed by atoms with Crippen LogP contribution in [0.2, 0.25) is 0 Å². The van der Waals surface area contributed by atoms with Crippen molar-refractivity contribution in [3.8, 4) is 6.07 Å². The number of fused-ring (bicyclic) bond motifs is 1. The lowest BCUT2D eigenvalue weighted by Crippen LogP contribution is -2.59. The molecule has 1 aliphatic carbocycles. The van der Waals surface area contributed by atoms with Crippen LogP contribution in [0.3, 0.4) is 0 Å². The fraction of sp³-hybridized carbons (Fsp3) is 0.393. The normalized spacial score (nSPS) is 19.0. The maximum Gasteiger partial charge on any atom is 0.331 e. The Morgan fingerprint density at radius 1 is 1.20 bits per heavy atom. The highest BCUT2D eigenvalue weighted by Gasteiger charge is 2.39. The van der Waals surface area contributed by atoms with E-state index in [1.165, 1.54) is 21.6 Å². The molecule has 3 aromatic rings. The van der Waals surface area contributed by atoms with Gasteiger partial charge in [-0.15, -0.1) is 0 Å². The molecular weight excluding hydrogens is 517 g/mol. The molecule has 1 aliphatic heterocycles. The molecule has 11 nitrogen and oxygen atoms in total. The third-order valence-corrected chi connectivity index (χ3v) is 7.46. The Hall–Kier alpha value is -4.50. The van der Waals surface area contributed by atoms with Crippen LogP contribution < -0.4 is 27.6 Å². The minimum atomic E-state index is -1.00. The fourth-order valence-electron chi connectivity index (χ4n) is 5.31. The number of piperazine rings is 1. The van der Waals surface area contributed by atoms with Crippen molar-refractivity contribution in [2.24, 2.45) is 11.7 Å². The molecule has 4 N–H and O–H groups in total. The van der Waals surface area contributed by atoms with E-state index in [-0.39, 0.29) is 30.4 Å². The highest BCUT2D eigenvalue weighted by molar-refractivity contribution is 5.93. The molecule has 1 saturated carbocycles. The molecule has 1 saturated heterocycles. The number of benzene rings is 2. The molecule has 2 atom stereocenters. The van der Waals surface area contributed by atoms with Gasteiger partial charge in [-0.2, -0.15) is 5.26 Å². The number of nitrogens with zero attached hydrogens (tertiary/aromatic N) is 4. The first kappa shape index (κ1) is 27.1. The van der Waals surface area contributed by atoms with Gasteiger partial charge < -0.3 is 21.3 Å². The molecular formula is C28H30FN7O4. The number of hydrogen-bond donors (Lipinski definition) is 3. The molecule has 2 unspecified atom stereocenters. The molecule has 0 spiro atoms. The van der Waals surface area contributed by atoms with Crippen molar-refractivity contribution in [1.82, 2.24) is 19.4 Å². The number of amides is 3. The van der Waals surface area contributed by atoms with Gasteiger partial charge in [-0.25, -0.2) is 14.0 Å². The summed E-state index contributed by atoms with van der Waals surface area (Å²) in [4.78, 5) is 53.7. The molecule has 12 heteroatoms. The predicted molar refractivity (Wildman–Crippen MR) is 146 cm³/mol. The number of nitrogens with two attached hydrogens (primary N) is 1. The van der Waals surface area contributed by atoms with E-state index in [1.807, 2.05) is 13.8 Å². The van der Waals surface area contributed by atoms with Crippen LogP contribution in [0.5, 0.6) is 0 Å². The Balaban J connectivity index is 1.52. The summed E-state index contributed by atoms with van der Waals surface area (Å²) in [6, 6.07) is 7.70. The van der Waals surface area contributed by atoms with Gasteiger partial charge in [0.05, 0.1) is 22.5 Å². The van der Waals surface area contributed by atoms with Gasteiger partial charge >= 0.3 is 11.7 Å². The lowest BCUT2D eigenvalue weighted by atomic mass is 9.94. The average molecular weight is 548 g/mol. The quantitative estimate of drug-likeness (QED) is 0.430. The summed E-state index contributed by atoms with van der Waals surface area (Å²) in [6.45, 7) is 4.54. The van der Waals surface area contributed by atoms with Crippen LogP contribution >= 0.6 is 0 Å². The van der Waals surface area contributed by atoms with Crippen LogP contribution in [0.15, 0.2) is 46.0 Å². The minimum absolute atomic E-state index is 0.164. The molecule has 2 aliphatic rings. The van der Waals surface area contributed by atoms with Crippen molar-refractivity contribution in [1.29, 1.82) is 5.26 Å². The van der Waals surface area contributed by atoms with Gasteiger partial charge in [0.1, 0.15) is 17.9 Å². The standard InChI is InChI=1S/C28H30FN7O4/c1-15(2)36-22-8-7-19(12-20(22)26(38)35(28(36)40)14-16-3-4-16)33-27(39)34-10-9-32-23(25(31)37)24(34)17-5-6-18(13-30)21(29)11-17/h5-8,11-12,15-16,23-24,32H,3-4,9-10,14H2,1-2H3,(H2,31,37)(H,33,39). The zero-order valence-electron chi connectivity index (χ0n) is 22.2. The molecule has 1 aromatic heterocycles. The number of halogens is 1. The number of anilines is 1. The maximum absolute atomic E-state index is 14.5. The first-order valence-electron chi connectivity index (χ1n) is 13.2. The first-order chi connectivity index (χ1) is 19.1. The molecule has 0 radical (unpaired) electrons. The van der Waals surface area contributed by atoms with Gasteiger partial charge in [-0.05, 0) is 68.5 Å². The van der Waals surface area contributed by atoms with Crippen molar-refractivity contribution in [2.75, 3.05) is 18.4 Å². The molecule has 40 heavy (non-hydrogen) atoms. The summed E-state index contributed by atoms with van der Waals surface area (Å²) in [5.74, 6) is -1.19. The monoisotopic (exact) mass is 547 g/mol. The summed E-state index contributed by atoms with van der Waals surface area (Å²) < 4.78 is 17.3. The SMILES string of the molecule is CC(C)n1c(=O)n(CC2CC2)c(=O)c2cc(NC(=O)N3CCNC(C(N)=O)C3c3ccc(C#N)c(F)c3)ccc21. The maximum atomic E-state index is 14.5. The summed E-state index contributed by atoms with van der Waals surface area (Å²) in [5, 5.41) is 15.2. The van der Waals surface area contributed by atoms with Crippen molar-refractivity contribution in [3.05, 3.63) is 74.2 Å². The third-order valence-electron chi connectivity index (χ3n) is 7.46. The third kappa shape index (κ3) is 4.96. The number of urea groups is 1. The topological polar surface area (TPSA) is 155 Å². The van der Waals surface area contributed by atoms with Gasteiger partial charge in [0.25, 0.3) is 5.56 Å². The zero-order chi connectivity index (χ0) is 28.7. The van der Waals surface area contributed by atoms with Gasteiger partial charge in [-0.1, -0.05) is 6.07 Å². The largest absolute Gasteiger partial charge is 0.368 e. The lowest BCUT2D eigenvalue weighted by molar-refractivity contribution is -0.122. The summed E-state index contributed by atoms with van der Waals surface area (Å²) in [6.07, 6.45) is 1.95. The van der Waals surface area contributed by atoms with Crippen molar-refractivity contribution < 1.29 is 14.0 Å². The predicted octanol–water partition coefficient (Wildman–Crippen LogP) is 2.20. The number of nitriles is 1. The van der Waals surface area contributed by atoms with Gasteiger partial charge in [0.2, 0.25) is 5.91 Å². The Bertz CT molecular complexity index is 1670. The number of rotatable bonds is 6. The Morgan fingerprint density at radius 2 is 1.95 bits per heavy atom. The second kappa shape index (κ2) is 10.6. The number of carbonyl (C=O) groups excluding carboxylic acids is 2. The van der Waals surface area contributed by atoms with E-state index >= 15 is 0 Å². The highest BCUT2D eigenvalue weighted by Crippen LogP contribution is 2.31. The Kier molecular flexibility index (Phi) is 7.16. The molecule has 5 rings (SSSR count). The van der Waals surface area contributed by atoms with Crippen LogP contribution in [0, 0.1) is 23.1 Å². The van der Waals surface area contributed by atoms with Crippen LogP contribution in [0.1, 0.15) is 49.9 Å². The van der Waals surface area contributed by atoms with E-state index in [9.17, 15) is 23.6 Å². The molecule has 208 valence electrons. The van der Waals surface area contributed by atoms with E-state index in [0.717, 1.165) is 18.9 Å². The van der Waals surface area contributed by atoms with Gasteiger partial charge in [-0.3, -0.25) is 18.7 Å². The van der Waals surface area contributed by atoms with Crippen molar-refractivity contribution in [2.45, 2.75) is 51.4 Å². The van der Waals surface area contributed by atoms with E-state index in [2.05, 4.69) is 10.6 Å². The fourth-order valence-corrected chi connectivity index (χ4v) is 5.31. The Labute approximate surface area is 229 Å².